The lowest BCUT2D eigenvalue weighted by atomic mass is 10.1. The zero-order chi connectivity index (χ0) is 24.9. The summed E-state index contributed by atoms with van der Waals surface area (Å²) in [6.07, 6.45) is 2.00. The van der Waals surface area contributed by atoms with Crippen molar-refractivity contribution in [3.05, 3.63) is 126 Å². The Morgan fingerprint density at radius 1 is 0.750 bits per heavy atom. The van der Waals surface area contributed by atoms with Gasteiger partial charge in [0.05, 0.1) is 23.7 Å². The first-order chi connectivity index (χ1) is 17.6. The molecule has 0 fully saturated rings. The molecule has 0 spiro atoms. The van der Waals surface area contributed by atoms with E-state index in [1.165, 1.54) is 11.1 Å². The number of aryl methyl sites for hydroxylation is 2. The van der Waals surface area contributed by atoms with Crippen LogP contribution in [0, 0.1) is 13.8 Å². The molecule has 0 atom stereocenters. The third-order valence-electron chi connectivity index (χ3n) is 6.25. The molecule has 3 heteroatoms. The minimum atomic E-state index is 0.645. The van der Waals surface area contributed by atoms with Gasteiger partial charge in [-0.3, -0.25) is 4.99 Å². The molecule has 0 amide bonds. The summed E-state index contributed by atoms with van der Waals surface area (Å²) in [7, 11) is 0. The molecular formula is C33H30N2O. The van der Waals surface area contributed by atoms with E-state index in [1.54, 1.807) is 0 Å². The highest BCUT2D eigenvalue weighted by molar-refractivity contribution is 5.94. The molecule has 0 aliphatic heterocycles. The first kappa shape index (κ1) is 23.4. The van der Waals surface area contributed by atoms with Gasteiger partial charge >= 0.3 is 0 Å². The topological polar surface area (TPSA) is 26.5 Å². The van der Waals surface area contributed by atoms with Gasteiger partial charge in [-0.15, -0.1) is 0 Å². The quantitative estimate of drug-likeness (QED) is 0.219. The summed E-state index contributed by atoms with van der Waals surface area (Å²) in [4.78, 5) is 4.93. The standard InChI is InChI=1S/C33H30N2O/c1-4-36-30-18-16-29(17-19-30)35-32(26-11-7-5-8-12-26)22-28(33(35)27-13-9-6-10-14-27)23-34-31-20-15-24(2)21-25(31)3/h5-23H,4H2,1-3H3. The first-order valence-corrected chi connectivity index (χ1v) is 12.3. The number of rotatable bonds is 7. The van der Waals surface area contributed by atoms with Crippen LogP contribution in [-0.2, 0) is 0 Å². The number of hydrogen-bond donors (Lipinski definition) is 0. The van der Waals surface area contributed by atoms with Crippen molar-refractivity contribution < 1.29 is 4.74 Å². The first-order valence-electron chi connectivity index (χ1n) is 12.3. The van der Waals surface area contributed by atoms with E-state index < -0.39 is 0 Å². The van der Waals surface area contributed by atoms with Gasteiger partial charge in [-0.05, 0) is 73.9 Å². The Hall–Kier alpha value is -4.37. The van der Waals surface area contributed by atoms with E-state index in [4.69, 9.17) is 9.73 Å². The number of nitrogens with zero attached hydrogens (tertiary/aromatic N) is 2. The van der Waals surface area contributed by atoms with Crippen molar-refractivity contribution in [2.75, 3.05) is 6.61 Å². The third kappa shape index (κ3) is 4.87. The van der Waals surface area contributed by atoms with E-state index >= 15 is 0 Å². The molecule has 4 aromatic carbocycles. The Morgan fingerprint density at radius 3 is 2.06 bits per heavy atom. The molecule has 36 heavy (non-hydrogen) atoms. The van der Waals surface area contributed by atoms with E-state index in [-0.39, 0.29) is 0 Å². The van der Waals surface area contributed by atoms with Crippen LogP contribution in [0.2, 0.25) is 0 Å². The molecule has 0 radical (unpaired) electrons. The summed E-state index contributed by atoms with van der Waals surface area (Å²) < 4.78 is 8.03. The van der Waals surface area contributed by atoms with Crippen LogP contribution in [-0.4, -0.2) is 17.4 Å². The lowest BCUT2D eigenvalue weighted by Gasteiger charge is -2.15. The summed E-state index contributed by atoms with van der Waals surface area (Å²) in [6, 6.07) is 38.0. The Bertz CT molecular complexity index is 1480. The maximum absolute atomic E-state index is 5.71. The predicted molar refractivity (Wildman–Crippen MR) is 151 cm³/mol. The van der Waals surface area contributed by atoms with Crippen molar-refractivity contribution >= 4 is 11.9 Å². The van der Waals surface area contributed by atoms with Crippen LogP contribution in [0.4, 0.5) is 5.69 Å². The van der Waals surface area contributed by atoms with Crippen molar-refractivity contribution in [1.82, 2.24) is 4.57 Å². The number of ether oxygens (including phenoxy) is 1. The van der Waals surface area contributed by atoms with Crippen molar-refractivity contribution in [3.63, 3.8) is 0 Å². The fourth-order valence-corrected chi connectivity index (χ4v) is 4.56. The molecule has 5 rings (SSSR count). The van der Waals surface area contributed by atoms with Crippen molar-refractivity contribution in [2.45, 2.75) is 20.8 Å². The fraction of sp³-hybridized carbons (Fsp3) is 0.121. The van der Waals surface area contributed by atoms with E-state index in [0.717, 1.165) is 45.2 Å². The van der Waals surface area contributed by atoms with Gasteiger partial charge in [-0.2, -0.15) is 0 Å². The van der Waals surface area contributed by atoms with Crippen LogP contribution in [0.1, 0.15) is 23.6 Å². The lowest BCUT2D eigenvalue weighted by Crippen LogP contribution is -2.01. The van der Waals surface area contributed by atoms with E-state index in [9.17, 15) is 0 Å². The average Bonchev–Trinajstić information content (AvgIpc) is 3.29. The molecule has 0 aliphatic carbocycles. The summed E-state index contributed by atoms with van der Waals surface area (Å²) in [5.41, 5.74) is 10.0. The Balaban J connectivity index is 1.74. The molecule has 3 nitrogen and oxygen atoms in total. The van der Waals surface area contributed by atoms with Crippen LogP contribution >= 0.6 is 0 Å². The van der Waals surface area contributed by atoms with Crippen LogP contribution in [0.3, 0.4) is 0 Å². The van der Waals surface area contributed by atoms with Gasteiger partial charge in [0.2, 0.25) is 0 Å². The highest BCUT2D eigenvalue weighted by Gasteiger charge is 2.18. The predicted octanol–water partition coefficient (Wildman–Crippen LogP) is 8.58. The number of hydrogen-bond acceptors (Lipinski definition) is 2. The second-order valence-corrected chi connectivity index (χ2v) is 8.88. The monoisotopic (exact) mass is 470 g/mol. The van der Waals surface area contributed by atoms with Crippen molar-refractivity contribution in [3.8, 4) is 34.0 Å². The molecule has 0 saturated heterocycles. The number of aliphatic imine (C=N–C) groups is 1. The minimum Gasteiger partial charge on any atom is -0.494 e. The van der Waals surface area contributed by atoms with Crippen LogP contribution in [0.5, 0.6) is 5.75 Å². The van der Waals surface area contributed by atoms with Gasteiger partial charge in [0.25, 0.3) is 0 Å². The minimum absolute atomic E-state index is 0.645. The molecule has 178 valence electrons. The van der Waals surface area contributed by atoms with E-state index in [2.05, 4.69) is 109 Å². The zero-order valence-electron chi connectivity index (χ0n) is 21.0. The summed E-state index contributed by atoms with van der Waals surface area (Å²) >= 11 is 0. The van der Waals surface area contributed by atoms with Crippen LogP contribution < -0.4 is 4.74 Å². The maximum atomic E-state index is 5.71. The molecule has 0 unspecified atom stereocenters. The third-order valence-corrected chi connectivity index (χ3v) is 6.25. The highest BCUT2D eigenvalue weighted by atomic mass is 16.5. The van der Waals surface area contributed by atoms with E-state index in [0.29, 0.717) is 6.61 Å². The van der Waals surface area contributed by atoms with Gasteiger partial charge in [-0.1, -0.05) is 78.4 Å². The van der Waals surface area contributed by atoms with Gasteiger partial charge in [-0.25, -0.2) is 0 Å². The normalized spacial score (nSPS) is 11.2. The SMILES string of the molecule is CCOc1ccc(-n2c(-c3ccccc3)cc(C=Nc3ccc(C)cc3C)c2-c2ccccc2)cc1. The summed E-state index contributed by atoms with van der Waals surface area (Å²) in [5, 5.41) is 0. The Morgan fingerprint density at radius 2 is 1.42 bits per heavy atom. The second kappa shape index (κ2) is 10.5. The largest absolute Gasteiger partial charge is 0.494 e. The van der Waals surface area contributed by atoms with Gasteiger partial charge in [0, 0.05) is 17.5 Å². The Labute approximate surface area is 213 Å². The van der Waals surface area contributed by atoms with Crippen LogP contribution in [0.25, 0.3) is 28.2 Å². The molecule has 5 aromatic rings. The fourth-order valence-electron chi connectivity index (χ4n) is 4.56. The van der Waals surface area contributed by atoms with E-state index in [1.807, 2.05) is 31.3 Å². The molecular weight excluding hydrogens is 440 g/mol. The average molecular weight is 471 g/mol. The highest BCUT2D eigenvalue weighted by Crippen LogP contribution is 2.36. The van der Waals surface area contributed by atoms with Gasteiger partial charge in [0.1, 0.15) is 5.75 Å². The molecule has 0 bridgehead atoms. The smallest absolute Gasteiger partial charge is 0.119 e. The Kier molecular flexibility index (Phi) is 6.81. The zero-order valence-corrected chi connectivity index (χ0v) is 21.0. The molecule has 1 heterocycles. The number of benzene rings is 4. The van der Waals surface area contributed by atoms with Gasteiger partial charge < -0.3 is 9.30 Å². The number of aromatic nitrogens is 1. The molecule has 0 aliphatic rings. The lowest BCUT2D eigenvalue weighted by molar-refractivity contribution is 0.340. The summed E-state index contributed by atoms with van der Waals surface area (Å²) in [5.74, 6) is 0.868. The summed E-state index contributed by atoms with van der Waals surface area (Å²) in [6.45, 7) is 6.87. The maximum Gasteiger partial charge on any atom is 0.119 e. The molecule has 1 aromatic heterocycles. The molecule has 0 N–H and O–H groups in total. The van der Waals surface area contributed by atoms with Crippen molar-refractivity contribution in [1.29, 1.82) is 0 Å². The van der Waals surface area contributed by atoms with Crippen molar-refractivity contribution in [2.24, 2.45) is 4.99 Å². The molecule has 0 saturated carbocycles. The van der Waals surface area contributed by atoms with Gasteiger partial charge in [0.15, 0.2) is 0 Å². The second-order valence-electron chi connectivity index (χ2n) is 8.88. The van der Waals surface area contributed by atoms with Crippen LogP contribution in [0.15, 0.2) is 114 Å².